The molecule has 6 heteroatoms. The lowest BCUT2D eigenvalue weighted by Gasteiger charge is -2.15. The van der Waals surface area contributed by atoms with Gasteiger partial charge in [-0.3, -0.25) is 0 Å². The number of nitrogens with one attached hydrogen (secondary N) is 1. The number of hydrogen-bond donors (Lipinski definition) is 2. The first kappa shape index (κ1) is 12.7. The minimum Gasteiger partial charge on any atom is -0.467 e. The highest BCUT2D eigenvalue weighted by Crippen LogP contribution is 2.18. The fourth-order valence-electron chi connectivity index (χ4n) is 1.19. The molecule has 0 aliphatic heterocycles. The van der Waals surface area contributed by atoms with Crippen molar-refractivity contribution in [2.45, 2.75) is 6.04 Å². The third-order valence-corrected chi connectivity index (χ3v) is 2.14. The average Bonchev–Trinajstić information content (AvgIpc) is 2.23. The van der Waals surface area contributed by atoms with Gasteiger partial charge >= 0.3 is 5.97 Å². The second-order valence-electron chi connectivity index (χ2n) is 3.11. The van der Waals surface area contributed by atoms with E-state index < -0.39 is 17.8 Å². The maximum Gasteiger partial charge on any atom is 0.329 e. The summed E-state index contributed by atoms with van der Waals surface area (Å²) >= 11 is 5.66. The van der Waals surface area contributed by atoms with Crippen molar-refractivity contribution in [3.63, 3.8) is 0 Å². The highest BCUT2D eigenvalue weighted by molar-refractivity contribution is 6.30. The number of anilines is 1. The minimum atomic E-state index is -0.720. The van der Waals surface area contributed by atoms with Gasteiger partial charge in [0.05, 0.1) is 7.11 Å². The van der Waals surface area contributed by atoms with Crippen molar-refractivity contribution in [1.29, 1.82) is 0 Å². The Hall–Kier alpha value is -1.33. The van der Waals surface area contributed by atoms with Gasteiger partial charge in [0.2, 0.25) is 0 Å². The van der Waals surface area contributed by atoms with Crippen molar-refractivity contribution in [3.8, 4) is 0 Å². The zero-order valence-electron chi connectivity index (χ0n) is 8.67. The molecule has 1 unspecified atom stereocenters. The van der Waals surface area contributed by atoms with E-state index in [1.54, 1.807) is 0 Å². The first-order valence-electron chi connectivity index (χ1n) is 4.57. The van der Waals surface area contributed by atoms with E-state index in [0.717, 1.165) is 0 Å². The van der Waals surface area contributed by atoms with Crippen LogP contribution >= 0.6 is 11.6 Å². The summed E-state index contributed by atoms with van der Waals surface area (Å²) in [7, 11) is 1.26. The van der Waals surface area contributed by atoms with Crippen LogP contribution in [0.2, 0.25) is 5.02 Å². The Morgan fingerprint density at radius 2 is 2.31 bits per heavy atom. The Kier molecular flexibility index (Phi) is 4.52. The summed E-state index contributed by atoms with van der Waals surface area (Å²) < 4.78 is 17.5. The van der Waals surface area contributed by atoms with E-state index in [1.807, 2.05) is 0 Å². The molecule has 4 nitrogen and oxygen atoms in total. The summed E-state index contributed by atoms with van der Waals surface area (Å²) in [6.07, 6.45) is 0. The maximum absolute atomic E-state index is 13.0. The Morgan fingerprint density at radius 1 is 1.62 bits per heavy atom. The number of carbonyl (C=O) groups excluding carboxylic acids is 1. The van der Waals surface area contributed by atoms with Crippen LogP contribution in [-0.4, -0.2) is 25.7 Å². The maximum atomic E-state index is 13.0. The highest BCUT2D eigenvalue weighted by atomic mass is 35.5. The van der Waals surface area contributed by atoms with Crippen molar-refractivity contribution in [2.24, 2.45) is 5.73 Å². The summed E-state index contributed by atoms with van der Waals surface area (Å²) in [6, 6.07) is 3.17. The zero-order chi connectivity index (χ0) is 12.1. The minimum absolute atomic E-state index is 0.0425. The summed E-state index contributed by atoms with van der Waals surface area (Å²) in [6.45, 7) is 0.0425. The van der Waals surface area contributed by atoms with E-state index in [1.165, 1.54) is 25.3 Å². The normalized spacial score (nSPS) is 12.0. The molecule has 0 saturated heterocycles. The molecule has 16 heavy (non-hydrogen) atoms. The number of ether oxygens (including phenoxy) is 1. The standard InChI is InChI=1S/C10H12ClFN2O2/c1-16-10(15)9(5-13)14-8-3-6(11)2-7(12)4-8/h2-4,9,14H,5,13H2,1H3. The van der Waals surface area contributed by atoms with Crippen LogP contribution in [0.3, 0.4) is 0 Å². The molecular weight excluding hydrogens is 235 g/mol. The van der Waals surface area contributed by atoms with Crippen LogP contribution in [0, 0.1) is 5.82 Å². The Balaban J connectivity index is 2.81. The molecular formula is C10H12ClFN2O2. The van der Waals surface area contributed by atoms with E-state index in [4.69, 9.17) is 17.3 Å². The topological polar surface area (TPSA) is 64.3 Å². The molecule has 3 N–H and O–H groups in total. The molecule has 0 heterocycles. The molecule has 1 aromatic rings. The van der Waals surface area contributed by atoms with Gasteiger partial charge in [0, 0.05) is 17.3 Å². The lowest BCUT2D eigenvalue weighted by Crippen LogP contribution is -2.37. The third-order valence-electron chi connectivity index (χ3n) is 1.92. The van der Waals surface area contributed by atoms with Crippen LogP contribution < -0.4 is 11.1 Å². The van der Waals surface area contributed by atoms with Crippen molar-refractivity contribution in [3.05, 3.63) is 29.0 Å². The van der Waals surface area contributed by atoms with Gasteiger partial charge in [-0.05, 0) is 18.2 Å². The third kappa shape index (κ3) is 3.36. The highest BCUT2D eigenvalue weighted by Gasteiger charge is 2.17. The fraction of sp³-hybridized carbons (Fsp3) is 0.300. The number of rotatable bonds is 4. The van der Waals surface area contributed by atoms with Gasteiger partial charge < -0.3 is 15.8 Å². The van der Waals surface area contributed by atoms with Crippen molar-refractivity contribution >= 4 is 23.3 Å². The van der Waals surface area contributed by atoms with Crippen LogP contribution in [0.5, 0.6) is 0 Å². The van der Waals surface area contributed by atoms with Crippen LogP contribution in [-0.2, 0) is 9.53 Å². The van der Waals surface area contributed by atoms with Gasteiger partial charge in [-0.15, -0.1) is 0 Å². The van der Waals surface area contributed by atoms with Gasteiger partial charge in [0.15, 0.2) is 0 Å². The predicted octanol–water partition coefficient (Wildman–Crippen LogP) is 1.39. The lowest BCUT2D eigenvalue weighted by atomic mass is 10.2. The first-order chi connectivity index (χ1) is 7.56. The number of nitrogens with two attached hydrogens (primary N) is 1. The summed E-state index contributed by atoms with van der Waals surface area (Å²) in [5.41, 5.74) is 5.76. The summed E-state index contributed by atoms with van der Waals surface area (Å²) in [4.78, 5) is 11.2. The van der Waals surface area contributed by atoms with E-state index in [2.05, 4.69) is 10.1 Å². The number of carbonyl (C=O) groups is 1. The molecule has 1 rings (SSSR count). The molecule has 0 radical (unpaired) electrons. The number of halogens is 2. The van der Waals surface area contributed by atoms with Crippen LogP contribution in [0.25, 0.3) is 0 Å². The van der Waals surface area contributed by atoms with Crippen LogP contribution in [0.4, 0.5) is 10.1 Å². The summed E-state index contributed by atoms with van der Waals surface area (Å²) in [5, 5.41) is 2.98. The van der Waals surface area contributed by atoms with Crippen molar-refractivity contribution < 1.29 is 13.9 Å². The molecule has 0 aliphatic rings. The average molecular weight is 247 g/mol. The Bertz CT molecular complexity index is 367. The molecule has 0 aliphatic carbocycles. The first-order valence-corrected chi connectivity index (χ1v) is 4.95. The van der Waals surface area contributed by atoms with Crippen LogP contribution in [0.15, 0.2) is 18.2 Å². The smallest absolute Gasteiger partial charge is 0.329 e. The largest absolute Gasteiger partial charge is 0.467 e. The monoisotopic (exact) mass is 246 g/mol. The van der Waals surface area contributed by atoms with Crippen molar-refractivity contribution in [2.75, 3.05) is 19.0 Å². The van der Waals surface area contributed by atoms with E-state index in [0.29, 0.717) is 5.69 Å². The number of esters is 1. The number of methoxy groups -OCH3 is 1. The zero-order valence-corrected chi connectivity index (χ0v) is 9.42. The number of hydrogen-bond acceptors (Lipinski definition) is 4. The summed E-state index contributed by atoms with van der Waals surface area (Å²) in [5.74, 6) is -1.00. The van der Waals surface area contributed by atoms with E-state index in [9.17, 15) is 9.18 Å². The lowest BCUT2D eigenvalue weighted by molar-refractivity contribution is -0.141. The second kappa shape index (κ2) is 5.67. The fourth-order valence-corrected chi connectivity index (χ4v) is 1.42. The van der Waals surface area contributed by atoms with Gasteiger partial charge in [0.25, 0.3) is 0 Å². The molecule has 0 saturated carbocycles. The molecule has 0 spiro atoms. The van der Waals surface area contributed by atoms with Gasteiger partial charge in [0.1, 0.15) is 11.9 Å². The predicted molar refractivity (Wildman–Crippen MR) is 59.9 cm³/mol. The molecule has 88 valence electrons. The molecule has 0 aromatic heterocycles. The van der Waals surface area contributed by atoms with E-state index in [-0.39, 0.29) is 11.6 Å². The Morgan fingerprint density at radius 3 is 2.81 bits per heavy atom. The second-order valence-corrected chi connectivity index (χ2v) is 3.55. The van der Waals surface area contributed by atoms with Gasteiger partial charge in [-0.25, -0.2) is 9.18 Å². The molecule has 0 fully saturated rings. The van der Waals surface area contributed by atoms with E-state index >= 15 is 0 Å². The SMILES string of the molecule is COC(=O)C(CN)Nc1cc(F)cc(Cl)c1. The molecule has 1 atom stereocenters. The van der Waals surface area contributed by atoms with Crippen LogP contribution in [0.1, 0.15) is 0 Å². The molecule has 0 amide bonds. The quantitative estimate of drug-likeness (QED) is 0.788. The Labute approximate surface area is 97.5 Å². The van der Waals surface area contributed by atoms with Gasteiger partial charge in [-0.1, -0.05) is 11.6 Å². The van der Waals surface area contributed by atoms with Crippen molar-refractivity contribution in [1.82, 2.24) is 0 Å². The number of benzene rings is 1. The molecule has 1 aromatic carbocycles. The van der Waals surface area contributed by atoms with Gasteiger partial charge in [-0.2, -0.15) is 0 Å². The molecule has 0 bridgehead atoms.